The van der Waals surface area contributed by atoms with E-state index >= 15 is 0 Å². The molecule has 0 aliphatic rings. The molecule has 0 aliphatic carbocycles. The van der Waals surface area contributed by atoms with Gasteiger partial charge in [0, 0.05) is 17.9 Å². The molecule has 0 spiro atoms. The van der Waals surface area contributed by atoms with E-state index in [1.807, 2.05) is 32.0 Å². The average molecular weight is 271 g/mol. The van der Waals surface area contributed by atoms with E-state index in [9.17, 15) is 8.42 Å². The van der Waals surface area contributed by atoms with Crippen LogP contribution in [0.2, 0.25) is 0 Å². The van der Waals surface area contributed by atoms with Crippen molar-refractivity contribution in [2.75, 3.05) is 23.4 Å². The van der Waals surface area contributed by atoms with Crippen molar-refractivity contribution in [2.45, 2.75) is 26.9 Å². The van der Waals surface area contributed by atoms with Crippen molar-refractivity contribution in [3.05, 3.63) is 23.8 Å². The van der Waals surface area contributed by atoms with Crippen LogP contribution in [0, 0.1) is 6.92 Å². The third-order valence-corrected chi connectivity index (χ3v) is 3.15. The molecule has 1 atom stereocenters. The fraction of sp³-hybridized carbons (Fsp3) is 0.500. The van der Waals surface area contributed by atoms with Gasteiger partial charge in [0.2, 0.25) is 10.0 Å². The van der Waals surface area contributed by atoms with Gasteiger partial charge in [0.05, 0.1) is 12.4 Å². The van der Waals surface area contributed by atoms with Gasteiger partial charge in [0.1, 0.15) is 0 Å². The van der Waals surface area contributed by atoms with Crippen LogP contribution < -0.4 is 15.4 Å². The highest BCUT2D eigenvalue weighted by Gasteiger charge is 2.09. The van der Waals surface area contributed by atoms with Gasteiger partial charge >= 0.3 is 0 Å². The van der Waals surface area contributed by atoms with Crippen LogP contribution >= 0.6 is 0 Å². The fourth-order valence-electron chi connectivity index (χ4n) is 1.72. The predicted molar refractivity (Wildman–Crippen MR) is 76.4 cm³/mol. The van der Waals surface area contributed by atoms with Crippen molar-refractivity contribution < 1.29 is 8.42 Å². The van der Waals surface area contributed by atoms with Crippen LogP contribution in [0.25, 0.3) is 0 Å². The molecule has 18 heavy (non-hydrogen) atoms. The van der Waals surface area contributed by atoms with Gasteiger partial charge in [-0.25, -0.2) is 8.42 Å². The summed E-state index contributed by atoms with van der Waals surface area (Å²) in [5.74, 6) is 0. The van der Waals surface area contributed by atoms with E-state index in [4.69, 9.17) is 0 Å². The Balaban J connectivity index is 2.73. The smallest absolute Gasteiger partial charge is 0.210 e. The number of aryl methyl sites for hydroxylation is 1. The van der Waals surface area contributed by atoms with Crippen LogP contribution in [0.5, 0.6) is 0 Å². The maximum absolute atomic E-state index is 11.1. The molecule has 0 aliphatic heterocycles. The first kappa shape index (κ1) is 14.8. The summed E-state index contributed by atoms with van der Waals surface area (Å²) in [7, 11) is -3.20. The monoisotopic (exact) mass is 271 g/mol. The molecule has 0 saturated heterocycles. The summed E-state index contributed by atoms with van der Waals surface area (Å²) in [6, 6.07) is 5.93. The second-order valence-corrected chi connectivity index (χ2v) is 6.10. The molecule has 102 valence electrons. The molecule has 0 radical (unpaired) electrons. The Labute approximate surface area is 109 Å². The molecule has 0 heterocycles. The third kappa shape index (κ3) is 4.93. The van der Waals surface area contributed by atoms with Crippen LogP contribution in [0.3, 0.4) is 0 Å². The Kier molecular flexibility index (Phi) is 4.98. The molecular weight excluding hydrogens is 250 g/mol. The summed E-state index contributed by atoms with van der Waals surface area (Å²) in [4.78, 5) is 0. The summed E-state index contributed by atoms with van der Waals surface area (Å²) in [6.45, 7) is 6.66. The van der Waals surface area contributed by atoms with Crippen LogP contribution in [0.1, 0.15) is 19.4 Å². The number of hydrogen-bond acceptors (Lipinski definition) is 4. The highest BCUT2D eigenvalue weighted by molar-refractivity contribution is 7.88. The Morgan fingerprint density at radius 1 is 1.33 bits per heavy atom. The zero-order valence-electron chi connectivity index (χ0n) is 11.2. The van der Waals surface area contributed by atoms with Crippen LogP contribution in [0.15, 0.2) is 18.2 Å². The minimum atomic E-state index is -3.20. The van der Waals surface area contributed by atoms with Crippen molar-refractivity contribution in [2.24, 2.45) is 0 Å². The lowest BCUT2D eigenvalue weighted by molar-refractivity contribution is 0.578. The topological polar surface area (TPSA) is 70.2 Å². The first-order chi connectivity index (χ1) is 8.31. The van der Waals surface area contributed by atoms with E-state index in [1.165, 1.54) is 0 Å². The average Bonchev–Trinajstić information content (AvgIpc) is 2.20. The van der Waals surface area contributed by atoms with Crippen molar-refractivity contribution in [3.8, 4) is 0 Å². The van der Waals surface area contributed by atoms with E-state index in [0.717, 1.165) is 29.7 Å². The SMILES string of the molecule is CCNc1ccc(NC(C)NS(C)(=O)=O)c(C)c1. The molecule has 6 heteroatoms. The first-order valence-corrected chi connectivity index (χ1v) is 7.79. The second-order valence-electron chi connectivity index (χ2n) is 4.32. The molecular formula is C12H21N3O2S. The highest BCUT2D eigenvalue weighted by Crippen LogP contribution is 2.20. The molecule has 1 aromatic carbocycles. The van der Waals surface area contributed by atoms with Gasteiger partial charge in [0.15, 0.2) is 0 Å². The zero-order valence-corrected chi connectivity index (χ0v) is 12.1. The maximum atomic E-state index is 11.1. The predicted octanol–water partition coefficient (Wildman–Crippen LogP) is 1.73. The highest BCUT2D eigenvalue weighted by atomic mass is 32.2. The molecule has 0 bridgehead atoms. The van der Waals surface area contributed by atoms with Crippen molar-refractivity contribution in [1.82, 2.24) is 4.72 Å². The van der Waals surface area contributed by atoms with E-state index in [2.05, 4.69) is 15.4 Å². The third-order valence-electron chi connectivity index (χ3n) is 2.37. The standard InChI is InChI=1S/C12H21N3O2S/c1-5-13-11-6-7-12(9(2)8-11)14-10(3)15-18(4,16)17/h6-8,10,13-15H,5H2,1-4H3. The minimum Gasteiger partial charge on any atom is -0.385 e. The van der Waals surface area contributed by atoms with Gasteiger partial charge < -0.3 is 10.6 Å². The van der Waals surface area contributed by atoms with Gasteiger partial charge in [-0.1, -0.05) is 0 Å². The Bertz CT molecular complexity index is 500. The normalized spacial score (nSPS) is 13.1. The van der Waals surface area contributed by atoms with Crippen LogP contribution in [-0.2, 0) is 10.0 Å². The number of nitrogens with one attached hydrogen (secondary N) is 3. The maximum Gasteiger partial charge on any atom is 0.210 e. The minimum absolute atomic E-state index is 0.344. The van der Waals surface area contributed by atoms with E-state index in [1.54, 1.807) is 6.92 Å². The summed E-state index contributed by atoms with van der Waals surface area (Å²) < 4.78 is 24.7. The lowest BCUT2D eigenvalue weighted by Gasteiger charge is -2.18. The Hall–Kier alpha value is -1.27. The lowest BCUT2D eigenvalue weighted by atomic mass is 10.1. The van der Waals surface area contributed by atoms with Gasteiger partial charge in [0.25, 0.3) is 0 Å². The first-order valence-electron chi connectivity index (χ1n) is 5.90. The van der Waals surface area contributed by atoms with Crippen molar-refractivity contribution >= 4 is 21.4 Å². The van der Waals surface area contributed by atoms with Crippen LogP contribution in [0.4, 0.5) is 11.4 Å². The van der Waals surface area contributed by atoms with E-state index in [0.29, 0.717) is 0 Å². The summed E-state index contributed by atoms with van der Waals surface area (Å²) in [5.41, 5.74) is 3.04. The zero-order chi connectivity index (χ0) is 13.8. The summed E-state index contributed by atoms with van der Waals surface area (Å²) in [6.07, 6.45) is 0.801. The van der Waals surface area contributed by atoms with Gasteiger partial charge in [-0.15, -0.1) is 0 Å². The molecule has 1 aromatic rings. The summed E-state index contributed by atoms with van der Waals surface area (Å²) >= 11 is 0. The Morgan fingerprint density at radius 3 is 2.50 bits per heavy atom. The van der Waals surface area contributed by atoms with Gasteiger partial charge in [-0.2, -0.15) is 4.72 Å². The fourth-order valence-corrected chi connectivity index (χ4v) is 2.42. The summed E-state index contributed by atoms with van der Waals surface area (Å²) in [5, 5.41) is 6.35. The molecule has 3 N–H and O–H groups in total. The molecule has 0 fully saturated rings. The van der Waals surface area contributed by atoms with E-state index in [-0.39, 0.29) is 6.17 Å². The second kappa shape index (κ2) is 6.06. The number of sulfonamides is 1. The largest absolute Gasteiger partial charge is 0.385 e. The molecule has 0 aromatic heterocycles. The number of benzene rings is 1. The number of hydrogen-bond donors (Lipinski definition) is 3. The van der Waals surface area contributed by atoms with E-state index < -0.39 is 10.0 Å². The lowest BCUT2D eigenvalue weighted by Crippen LogP contribution is -2.37. The van der Waals surface area contributed by atoms with Gasteiger partial charge in [-0.05, 0) is 44.5 Å². The van der Waals surface area contributed by atoms with Crippen molar-refractivity contribution in [1.29, 1.82) is 0 Å². The number of rotatable bonds is 6. The molecule has 1 rings (SSSR count). The molecule has 1 unspecified atom stereocenters. The Morgan fingerprint density at radius 2 is 2.00 bits per heavy atom. The molecule has 5 nitrogen and oxygen atoms in total. The van der Waals surface area contributed by atoms with Crippen LogP contribution in [-0.4, -0.2) is 27.4 Å². The molecule has 0 amide bonds. The van der Waals surface area contributed by atoms with Gasteiger partial charge in [-0.3, -0.25) is 0 Å². The quantitative estimate of drug-likeness (QED) is 0.689. The van der Waals surface area contributed by atoms with Crippen molar-refractivity contribution in [3.63, 3.8) is 0 Å². The number of anilines is 2. The molecule has 0 saturated carbocycles.